The van der Waals surface area contributed by atoms with Crippen LogP contribution in [0.15, 0.2) is 45.4 Å². The van der Waals surface area contributed by atoms with Crippen molar-refractivity contribution in [3.05, 3.63) is 51.9 Å². The molecule has 0 N–H and O–H groups in total. The van der Waals surface area contributed by atoms with Crippen LogP contribution in [0.2, 0.25) is 0 Å². The fourth-order valence-electron chi connectivity index (χ4n) is 3.64. The van der Waals surface area contributed by atoms with Crippen LogP contribution in [-0.2, 0) is 13.6 Å². The molecule has 0 aliphatic carbocycles. The van der Waals surface area contributed by atoms with Gasteiger partial charge >= 0.3 is 0 Å². The van der Waals surface area contributed by atoms with E-state index in [1.165, 1.54) is 21.9 Å². The molecule has 27 heavy (non-hydrogen) atoms. The van der Waals surface area contributed by atoms with Crippen LogP contribution in [0.3, 0.4) is 0 Å². The molecule has 0 radical (unpaired) electrons. The molecule has 0 saturated carbocycles. The highest BCUT2D eigenvalue weighted by Crippen LogP contribution is 2.37. The van der Waals surface area contributed by atoms with E-state index in [4.69, 9.17) is 0 Å². The predicted octanol–water partition coefficient (Wildman–Crippen LogP) is 3.53. The maximum Gasteiger partial charge on any atom is 0.272 e. The van der Waals surface area contributed by atoms with E-state index in [1.807, 2.05) is 27.6 Å². The molecule has 3 aromatic heterocycles. The lowest BCUT2D eigenvalue weighted by Gasteiger charge is -2.23. The smallest absolute Gasteiger partial charge is 0.272 e. The van der Waals surface area contributed by atoms with Crippen LogP contribution in [0.1, 0.15) is 19.2 Å². The Labute approximate surface area is 164 Å². The second-order valence-corrected chi connectivity index (χ2v) is 9.25. The van der Waals surface area contributed by atoms with Crippen molar-refractivity contribution in [2.24, 2.45) is 7.05 Å². The first-order valence-electron chi connectivity index (χ1n) is 8.94. The van der Waals surface area contributed by atoms with Crippen molar-refractivity contribution in [2.75, 3.05) is 11.4 Å². The van der Waals surface area contributed by atoms with Crippen LogP contribution in [-0.4, -0.2) is 31.0 Å². The van der Waals surface area contributed by atoms with Crippen LogP contribution >= 0.6 is 23.1 Å². The molecule has 1 unspecified atom stereocenters. The first kappa shape index (κ1) is 16.8. The molecular formula is C19H19N5OS2. The molecule has 8 heteroatoms. The number of aryl methyl sites for hydroxylation is 1. The maximum absolute atomic E-state index is 12.5. The number of benzene rings is 1. The second kappa shape index (κ2) is 6.38. The number of para-hydroxylation sites is 1. The lowest BCUT2D eigenvalue weighted by Crippen LogP contribution is -2.26. The molecule has 1 aromatic carbocycles. The summed E-state index contributed by atoms with van der Waals surface area (Å²) in [6.07, 6.45) is 1.11. The minimum Gasteiger partial charge on any atom is -0.363 e. The Bertz CT molecular complexity index is 1210. The predicted molar refractivity (Wildman–Crippen MR) is 111 cm³/mol. The Kier molecular flexibility index (Phi) is 3.98. The third-order valence-corrected chi connectivity index (χ3v) is 7.20. The topological polar surface area (TPSA) is 55.4 Å². The Morgan fingerprint density at radius 2 is 2.07 bits per heavy atom. The molecule has 0 bridgehead atoms. The quantitative estimate of drug-likeness (QED) is 0.518. The second-order valence-electron chi connectivity index (χ2n) is 6.86. The van der Waals surface area contributed by atoms with E-state index in [-0.39, 0.29) is 5.56 Å². The van der Waals surface area contributed by atoms with Gasteiger partial charge in [0.15, 0.2) is 5.82 Å². The number of thioether (sulfide) groups is 1. The van der Waals surface area contributed by atoms with Gasteiger partial charge in [0.1, 0.15) is 4.70 Å². The van der Waals surface area contributed by atoms with Gasteiger partial charge in [0.2, 0.25) is 5.78 Å². The molecule has 1 atom stereocenters. The van der Waals surface area contributed by atoms with Gasteiger partial charge in [-0.15, -0.1) is 33.3 Å². The van der Waals surface area contributed by atoms with Crippen molar-refractivity contribution in [2.45, 2.75) is 30.0 Å². The van der Waals surface area contributed by atoms with Crippen molar-refractivity contribution in [3.63, 3.8) is 0 Å². The average Bonchev–Trinajstić information content (AvgIpc) is 3.27. The van der Waals surface area contributed by atoms with Gasteiger partial charge in [-0.1, -0.05) is 19.1 Å². The first-order valence-corrected chi connectivity index (χ1v) is 10.7. The van der Waals surface area contributed by atoms with Crippen LogP contribution in [0.25, 0.3) is 16.0 Å². The van der Waals surface area contributed by atoms with Crippen LogP contribution in [0.5, 0.6) is 0 Å². The van der Waals surface area contributed by atoms with Crippen LogP contribution < -0.4 is 10.5 Å². The van der Waals surface area contributed by atoms with E-state index < -0.39 is 0 Å². The maximum atomic E-state index is 12.5. The van der Waals surface area contributed by atoms with Crippen molar-refractivity contribution in [3.8, 4) is 0 Å². The normalized spacial score (nSPS) is 17.4. The number of rotatable bonds is 2. The van der Waals surface area contributed by atoms with E-state index in [0.29, 0.717) is 17.6 Å². The number of nitrogens with zero attached hydrogens (tertiary/aromatic N) is 5. The van der Waals surface area contributed by atoms with E-state index >= 15 is 0 Å². The summed E-state index contributed by atoms with van der Waals surface area (Å²) in [4.78, 5) is 16.2. The summed E-state index contributed by atoms with van der Waals surface area (Å²) in [5, 5.41) is 11.3. The van der Waals surface area contributed by atoms with Gasteiger partial charge in [-0.05, 0) is 30.0 Å². The molecule has 0 fully saturated rings. The average molecular weight is 398 g/mol. The summed E-state index contributed by atoms with van der Waals surface area (Å²) in [5.41, 5.74) is 2.12. The zero-order valence-corrected chi connectivity index (χ0v) is 16.8. The highest BCUT2D eigenvalue weighted by Gasteiger charge is 2.22. The summed E-state index contributed by atoms with van der Waals surface area (Å²) in [7, 11) is 1.76. The van der Waals surface area contributed by atoms with E-state index in [1.54, 1.807) is 11.6 Å². The highest BCUT2D eigenvalue weighted by molar-refractivity contribution is 8.00. The van der Waals surface area contributed by atoms with Crippen molar-refractivity contribution < 1.29 is 0 Å². The minimum absolute atomic E-state index is 0.0169. The van der Waals surface area contributed by atoms with Crippen molar-refractivity contribution in [1.29, 1.82) is 0 Å². The number of anilines is 1. The summed E-state index contributed by atoms with van der Waals surface area (Å²) >= 11 is 3.40. The zero-order valence-electron chi connectivity index (χ0n) is 15.1. The number of fused-ring (bicyclic) bond motifs is 4. The molecular weight excluding hydrogens is 378 g/mol. The molecule has 6 nitrogen and oxygen atoms in total. The van der Waals surface area contributed by atoms with Gasteiger partial charge in [0.25, 0.3) is 5.56 Å². The van der Waals surface area contributed by atoms with Crippen LogP contribution in [0.4, 0.5) is 5.69 Å². The number of aromatic nitrogens is 4. The van der Waals surface area contributed by atoms with Gasteiger partial charge in [-0.3, -0.25) is 13.8 Å². The highest BCUT2D eigenvalue weighted by atomic mass is 32.2. The monoisotopic (exact) mass is 397 g/mol. The van der Waals surface area contributed by atoms with E-state index in [2.05, 4.69) is 46.3 Å². The van der Waals surface area contributed by atoms with Gasteiger partial charge < -0.3 is 4.90 Å². The number of hydrogen-bond donors (Lipinski definition) is 0. The molecule has 1 aliphatic heterocycles. The summed E-state index contributed by atoms with van der Waals surface area (Å²) in [5.74, 6) is 1.45. The SMILES string of the molecule is CC1CCN(Cc2nnc3n(C)c(=O)c4sccc4n23)c2ccccc2S1. The molecule has 5 rings (SSSR count). The Morgan fingerprint density at radius 3 is 2.96 bits per heavy atom. The fourth-order valence-corrected chi connectivity index (χ4v) is 5.62. The summed E-state index contributed by atoms with van der Waals surface area (Å²) < 4.78 is 4.35. The van der Waals surface area contributed by atoms with Gasteiger partial charge in [0.05, 0.1) is 17.7 Å². The fraction of sp³-hybridized carbons (Fsp3) is 0.316. The molecule has 1 aliphatic rings. The van der Waals surface area contributed by atoms with Gasteiger partial charge in [-0.25, -0.2) is 0 Å². The molecule has 0 amide bonds. The van der Waals surface area contributed by atoms with Crippen LogP contribution in [0, 0.1) is 0 Å². The Balaban J connectivity index is 1.65. The zero-order chi connectivity index (χ0) is 18.5. The standard InChI is InChI=1S/C19H19N5OS2/c1-12-7-9-23(13-5-3-4-6-15(13)27-12)11-16-20-21-19-22(2)18(25)17-14(24(16)19)8-10-26-17/h3-6,8,10,12H,7,9,11H2,1-2H3. The lowest BCUT2D eigenvalue weighted by molar-refractivity contribution is 0.704. The minimum atomic E-state index is -0.0169. The van der Waals surface area contributed by atoms with Gasteiger partial charge in [-0.2, -0.15) is 0 Å². The molecule has 0 spiro atoms. The number of hydrogen-bond acceptors (Lipinski definition) is 6. The third-order valence-electron chi connectivity index (χ3n) is 5.07. The molecule has 138 valence electrons. The molecule has 4 heterocycles. The lowest BCUT2D eigenvalue weighted by atomic mass is 10.2. The largest absolute Gasteiger partial charge is 0.363 e. The van der Waals surface area contributed by atoms with E-state index in [0.717, 1.165) is 29.0 Å². The molecule has 0 saturated heterocycles. The first-order chi connectivity index (χ1) is 13.1. The third kappa shape index (κ3) is 2.66. The van der Waals surface area contributed by atoms with Crippen molar-refractivity contribution >= 4 is 44.8 Å². The van der Waals surface area contributed by atoms with E-state index in [9.17, 15) is 4.79 Å². The van der Waals surface area contributed by atoms with Gasteiger partial charge in [0, 0.05) is 23.7 Å². The summed E-state index contributed by atoms with van der Waals surface area (Å²) in [6.45, 7) is 3.91. The Hall–Kier alpha value is -2.32. The Morgan fingerprint density at radius 1 is 1.22 bits per heavy atom. The molecule has 4 aromatic rings. The summed E-state index contributed by atoms with van der Waals surface area (Å²) in [6, 6.07) is 10.5. The van der Waals surface area contributed by atoms with Crippen molar-refractivity contribution in [1.82, 2.24) is 19.2 Å². The number of thiophene rings is 1.